The van der Waals surface area contributed by atoms with E-state index in [1.54, 1.807) is 19.1 Å². The van der Waals surface area contributed by atoms with Gasteiger partial charge in [-0.15, -0.1) is 5.10 Å². The molecule has 1 N–H and O–H groups in total. The molecule has 1 fully saturated rings. The van der Waals surface area contributed by atoms with E-state index in [0.717, 1.165) is 23.9 Å². The molecule has 0 saturated carbocycles. The summed E-state index contributed by atoms with van der Waals surface area (Å²) in [6.07, 6.45) is -4.44. The molecule has 0 spiro atoms. The molecule has 7 nitrogen and oxygen atoms in total. The summed E-state index contributed by atoms with van der Waals surface area (Å²) < 4.78 is 44.6. The number of hydrogen-bond acceptors (Lipinski definition) is 7. The van der Waals surface area contributed by atoms with Crippen LogP contribution in [-0.4, -0.2) is 51.5 Å². The molecule has 30 heavy (non-hydrogen) atoms. The number of nitrogens with one attached hydrogen (secondary N) is 1. The molecule has 1 aromatic carbocycles. The second-order valence-corrected chi connectivity index (χ2v) is 7.91. The quantitative estimate of drug-likeness (QED) is 0.465. The zero-order valence-electron chi connectivity index (χ0n) is 15.7. The molecule has 12 heteroatoms. The van der Waals surface area contributed by atoms with E-state index in [9.17, 15) is 13.2 Å². The number of morpholine rings is 1. The molecule has 3 heterocycles. The molecular formula is C18H16ClF3N6OS. The van der Waals surface area contributed by atoms with Crippen molar-refractivity contribution in [3.05, 3.63) is 40.7 Å². The van der Waals surface area contributed by atoms with Gasteiger partial charge in [-0.25, -0.2) is 15.0 Å². The van der Waals surface area contributed by atoms with Crippen LogP contribution in [0.5, 0.6) is 0 Å². The predicted octanol–water partition coefficient (Wildman–Crippen LogP) is 4.23. The van der Waals surface area contributed by atoms with Gasteiger partial charge in [-0.2, -0.15) is 13.2 Å². The summed E-state index contributed by atoms with van der Waals surface area (Å²) in [6.45, 7) is 4.19. The van der Waals surface area contributed by atoms with Gasteiger partial charge in [-0.3, -0.25) is 5.10 Å². The van der Waals surface area contributed by atoms with E-state index < -0.39 is 11.7 Å². The molecule has 0 bridgehead atoms. The van der Waals surface area contributed by atoms with E-state index in [1.165, 1.54) is 0 Å². The number of aryl methyl sites for hydroxylation is 1. The van der Waals surface area contributed by atoms with Crippen LogP contribution in [0.25, 0.3) is 11.4 Å². The SMILES string of the molecule is Cc1cc(-c2nc(Sc3cc(N4CCOCC4)nc(Cl)n3)n[nH]2)cc(C(F)(F)F)c1. The van der Waals surface area contributed by atoms with Gasteiger partial charge < -0.3 is 9.64 Å². The average molecular weight is 457 g/mol. The van der Waals surface area contributed by atoms with Crippen LogP contribution in [0.15, 0.2) is 34.4 Å². The maximum atomic E-state index is 13.1. The van der Waals surface area contributed by atoms with Gasteiger partial charge in [-0.1, -0.05) is 0 Å². The number of aromatic amines is 1. The van der Waals surface area contributed by atoms with E-state index in [0.29, 0.717) is 53.4 Å². The summed E-state index contributed by atoms with van der Waals surface area (Å²) in [5, 5.41) is 7.70. The molecule has 3 aromatic rings. The van der Waals surface area contributed by atoms with Crippen molar-refractivity contribution in [2.24, 2.45) is 0 Å². The van der Waals surface area contributed by atoms with Gasteiger partial charge >= 0.3 is 6.18 Å². The number of halogens is 4. The highest BCUT2D eigenvalue weighted by atomic mass is 35.5. The Balaban J connectivity index is 1.57. The third-order valence-electron chi connectivity index (χ3n) is 4.34. The topological polar surface area (TPSA) is 79.8 Å². The molecule has 0 radical (unpaired) electrons. The second-order valence-electron chi connectivity index (χ2n) is 6.59. The van der Waals surface area contributed by atoms with E-state index in [1.807, 2.05) is 4.90 Å². The minimum Gasteiger partial charge on any atom is -0.378 e. The fourth-order valence-electron chi connectivity index (χ4n) is 2.99. The van der Waals surface area contributed by atoms with Crippen LogP contribution in [0.3, 0.4) is 0 Å². The molecule has 0 unspecified atom stereocenters. The van der Waals surface area contributed by atoms with Crippen molar-refractivity contribution in [3.63, 3.8) is 0 Å². The molecule has 0 aliphatic carbocycles. The third kappa shape index (κ3) is 4.85. The minimum atomic E-state index is -4.44. The number of benzene rings is 1. The minimum absolute atomic E-state index is 0.0887. The predicted molar refractivity (Wildman–Crippen MR) is 106 cm³/mol. The Morgan fingerprint density at radius 3 is 2.60 bits per heavy atom. The lowest BCUT2D eigenvalue weighted by Crippen LogP contribution is -2.36. The first-order valence-electron chi connectivity index (χ1n) is 8.95. The first-order valence-corrected chi connectivity index (χ1v) is 10.1. The van der Waals surface area contributed by atoms with Crippen molar-refractivity contribution in [2.75, 3.05) is 31.2 Å². The summed E-state index contributed by atoms with van der Waals surface area (Å²) in [4.78, 5) is 14.8. The summed E-state index contributed by atoms with van der Waals surface area (Å²) in [6, 6.07) is 5.51. The zero-order chi connectivity index (χ0) is 21.3. The third-order valence-corrected chi connectivity index (χ3v) is 5.29. The second kappa shape index (κ2) is 8.40. The number of anilines is 1. The first kappa shape index (κ1) is 20.9. The Hall–Kier alpha value is -2.37. The number of rotatable bonds is 4. The van der Waals surface area contributed by atoms with Crippen LogP contribution in [0.4, 0.5) is 19.0 Å². The fourth-order valence-corrected chi connectivity index (χ4v) is 3.93. The summed E-state index contributed by atoms with van der Waals surface area (Å²) >= 11 is 7.21. The molecule has 1 aliphatic rings. The Morgan fingerprint density at radius 1 is 1.10 bits per heavy atom. The van der Waals surface area contributed by atoms with Gasteiger partial charge in [-0.05, 0) is 54.0 Å². The van der Waals surface area contributed by atoms with E-state index in [2.05, 4.69) is 25.1 Å². The van der Waals surface area contributed by atoms with Crippen LogP contribution in [-0.2, 0) is 10.9 Å². The van der Waals surface area contributed by atoms with Crippen molar-refractivity contribution in [1.29, 1.82) is 0 Å². The van der Waals surface area contributed by atoms with Crippen LogP contribution < -0.4 is 4.90 Å². The van der Waals surface area contributed by atoms with Gasteiger partial charge in [0.2, 0.25) is 10.4 Å². The Labute approximate surface area is 179 Å². The summed E-state index contributed by atoms with van der Waals surface area (Å²) in [7, 11) is 0. The highest BCUT2D eigenvalue weighted by Gasteiger charge is 2.31. The van der Waals surface area contributed by atoms with Crippen LogP contribution in [0.2, 0.25) is 5.28 Å². The molecule has 4 rings (SSSR count). The normalized spacial score (nSPS) is 14.9. The smallest absolute Gasteiger partial charge is 0.378 e. The first-order chi connectivity index (χ1) is 14.3. The highest BCUT2D eigenvalue weighted by molar-refractivity contribution is 7.99. The van der Waals surface area contributed by atoms with Crippen molar-refractivity contribution in [3.8, 4) is 11.4 Å². The maximum absolute atomic E-state index is 13.1. The standard InChI is InChI=1S/C18H16ClF3N6OS/c1-10-6-11(8-12(7-10)18(20,21)22)15-25-17(27-26-15)30-14-9-13(23-16(19)24-14)28-2-4-29-5-3-28/h6-9H,2-5H2,1H3,(H,25,26,27). The molecule has 1 saturated heterocycles. The molecule has 0 atom stereocenters. The number of H-pyrrole nitrogens is 1. The lowest BCUT2D eigenvalue weighted by Gasteiger charge is -2.27. The lowest BCUT2D eigenvalue weighted by atomic mass is 10.1. The van der Waals surface area contributed by atoms with Gasteiger partial charge in [0.25, 0.3) is 0 Å². The number of aromatic nitrogens is 5. The lowest BCUT2D eigenvalue weighted by molar-refractivity contribution is -0.137. The van der Waals surface area contributed by atoms with Crippen molar-refractivity contribution in [2.45, 2.75) is 23.3 Å². The van der Waals surface area contributed by atoms with Gasteiger partial charge in [0.15, 0.2) is 5.82 Å². The molecular weight excluding hydrogens is 441 g/mol. The van der Waals surface area contributed by atoms with Gasteiger partial charge in [0.05, 0.1) is 18.8 Å². The Bertz CT molecular complexity index is 1050. The van der Waals surface area contributed by atoms with E-state index >= 15 is 0 Å². The summed E-state index contributed by atoms with van der Waals surface area (Å²) in [5.74, 6) is 0.908. The number of hydrogen-bond donors (Lipinski definition) is 1. The molecule has 158 valence electrons. The van der Waals surface area contributed by atoms with Crippen LogP contribution >= 0.6 is 23.4 Å². The fraction of sp³-hybridized carbons (Fsp3) is 0.333. The van der Waals surface area contributed by atoms with E-state index in [-0.39, 0.29) is 11.1 Å². The Kier molecular flexibility index (Phi) is 5.85. The monoisotopic (exact) mass is 456 g/mol. The molecule has 1 aliphatic heterocycles. The van der Waals surface area contributed by atoms with E-state index in [4.69, 9.17) is 16.3 Å². The highest BCUT2D eigenvalue weighted by Crippen LogP contribution is 2.33. The largest absolute Gasteiger partial charge is 0.416 e. The molecule has 0 amide bonds. The number of alkyl halides is 3. The molecule has 2 aromatic heterocycles. The van der Waals surface area contributed by atoms with Crippen molar-refractivity contribution in [1.82, 2.24) is 25.1 Å². The van der Waals surface area contributed by atoms with Gasteiger partial charge in [0, 0.05) is 24.7 Å². The average Bonchev–Trinajstić information content (AvgIpc) is 3.15. The number of nitrogens with zero attached hydrogens (tertiary/aromatic N) is 5. The Morgan fingerprint density at radius 2 is 1.87 bits per heavy atom. The van der Waals surface area contributed by atoms with Crippen LogP contribution in [0.1, 0.15) is 11.1 Å². The van der Waals surface area contributed by atoms with Crippen molar-refractivity contribution >= 4 is 29.2 Å². The van der Waals surface area contributed by atoms with Crippen molar-refractivity contribution < 1.29 is 17.9 Å². The number of ether oxygens (including phenoxy) is 1. The summed E-state index contributed by atoms with van der Waals surface area (Å²) in [5.41, 5.74) is 0.0420. The maximum Gasteiger partial charge on any atom is 0.416 e. The zero-order valence-corrected chi connectivity index (χ0v) is 17.3. The van der Waals surface area contributed by atoms with Crippen LogP contribution in [0, 0.1) is 6.92 Å². The van der Waals surface area contributed by atoms with Gasteiger partial charge in [0.1, 0.15) is 10.8 Å².